The van der Waals surface area contributed by atoms with Gasteiger partial charge < -0.3 is 10.1 Å². The van der Waals surface area contributed by atoms with E-state index in [0.29, 0.717) is 17.7 Å². The molecule has 3 rings (SSSR count). The van der Waals surface area contributed by atoms with Crippen LogP contribution in [-0.4, -0.2) is 7.05 Å². The monoisotopic (exact) mass is 293 g/mol. The second kappa shape index (κ2) is 5.41. The van der Waals surface area contributed by atoms with Crippen molar-refractivity contribution in [3.8, 4) is 5.75 Å². The zero-order chi connectivity index (χ0) is 15.0. The summed E-state index contributed by atoms with van der Waals surface area (Å²) in [7, 11) is 1.74. The minimum atomic E-state index is -0.901. The third-order valence-corrected chi connectivity index (χ3v) is 3.74. The SMILES string of the molecule is CNC1CC(c2cccc(F)c2F)Oc2ccc(F)cc21. The zero-order valence-electron chi connectivity index (χ0n) is 11.4. The van der Waals surface area contributed by atoms with E-state index < -0.39 is 17.7 Å². The first-order valence-electron chi connectivity index (χ1n) is 6.67. The molecule has 2 aromatic carbocycles. The number of hydrogen-bond donors (Lipinski definition) is 1. The Morgan fingerprint density at radius 3 is 2.67 bits per heavy atom. The van der Waals surface area contributed by atoms with Gasteiger partial charge in [-0.2, -0.15) is 0 Å². The maximum absolute atomic E-state index is 13.9. The van der Waals surface area contributed by atoms with Gasteiger partial charge in [0.15, 0.2) is 11.6 Å². The van der Waals surface area contributed by atoms with Gasteiger partial charge in [0.1, 0.15) is 17.7 Å². The van der Waals surface area contributed by atoms with Gasteiger partial charge in [-0.3, -0.25) is 0 Å². The van der Waals surface area contributed by atoms with E-state index >= 15 is 0 Å². The van der Waals surface area contributed by atoms with Crippen molar-refractivity contribution < 1.29 is 17.9 Å². The van der Waals surface area contributed by atoms with Gasteiger partial charge in [-0.05, 0) is 31.3 Å². The van der Waals surface area contributed by atoms with Gasteiger partial charge in [0.05, 0.1) is 0 Å². The summed E-state index contributed by atoms with van der Waals surface area (Å²) >= 11 is 0. The first-order chi connectivity index (χ1) is 10.1. The van der Waals surface area contributed by atoms with Gasteiger partial charge in [0.2, 0.25) is 0 Å². The lowest BCUT2D eigenvalue weighted by Crippen LogP contribution is -2.27. The maximum Gasteiger partial charge on any atom is 0.165 e. The first-order valence-corrected chi connectivity index (χ1v) is 6.67. The van der Waals surface area contributed by atoms with E-state index in [1.807, 2.05) is 0 Å². The second-order valence-corrected chi connectivity index (χ2v) is 5.01. The highest BCUT2D eigenvalue weighted by Gasteiger charge is 2.31. The minimum absolute atomic E-state index is 0.172. The van der Waals surface area contributed by atoms with Crippen LogP contribution in [0.2, 0.25) is 0 Å². The lowest BCUT2D eigenvalue weighted by atomic mass is 9.92. The first kappa shape index (κ1) is 13.9. The quantitative estimate of drug-likeness (QED) is 0.907. The van der Waals surface area contributed by atoms with Gasteiger partial charge >= 0.3 is 0 Å². The standard InChI is InChI=1S/C16H14F3NO/c1-20-13-8-15(10-3-2-4-12(18)16(10)19)21-14-6-5-9(17)7-11(13)14/h2-7,13,15,20H,8H2,1H3. The van der Waals surface area contributed by atoms with Crippen LogP contribution in [-0.2, 0) is 0 Å². The van der Waals surface area contributed by atoms with E-state index in [1.54, 1.807) is 7.05 Å². The third-order valence-electron chi connectivity index (χ3n) is 3.74. The number of fused-ring (bicyclic) bond motifs is 1. The van der Waals surface area contributed by atoms with Crippen molar-refractivity contribution in [2.75, 3.05) is 7.05 Å². The summed E-state index contributed by atoms with van der Waals surface area (Å²) < 4.78 is 46.4. The summed E-state index contributed by atoms with van der Waals surface area (Å²) in [6.07, 6.45) is -0.219. The molecular weight excluding hydrogens is 279 g/mol. The van der Waals surface area contributed by atoms with Crippen LogP contribution in [0.25, 0.3) is 0 Å². The second-order valence-electron chi connectivity index (χ2n) is 5.01. The van der Waals surface area contributed by atoms with Gasteiger partial charge in [0, 0.05) is 23.6 Å². The van der Waals surface area contributed by atoms with Crippen molar-refractivity contribution in [2.24, 2.45) is 0 Å². The van der Waals surface area contributed by atoms with E-state index in [4.69, 9.17) is 4.74 Å². The van der Waals surface area contributed by atoms with Crippen molar-refractivity contribution >= 4 is 0 Å². The van der Waals surface area contributed by atoms with Crippen LogP contribution in [0, 0.1) is 17.5 Å². The van der Waals surface area contributed by atoms with Crippen molar-refractivity contribution in [3.63, 3.8) is 0 Å². The molecule has 2 aromatic rings. The molecule has 0 aliphatic carbocycles. The summed E-state index contributed by atoms with van der Waals surface area (Å²) in [4.78, 5) is 0. The summed E-state index contributed by atoms with van der Waals surface area (Å²) in [5.41, 5.74) is 0.857. The molecule has 21 heavy (non-hydrogen) atoms. The molecule has 2 atom stereocenters. The Morgan fingerprint density at radius 2 is 1.90 bits per heavy atom. The predicted octanol–water partition coefficient (Wildman–Crippen LogP) is 3.89. The fourth-order valence-electron chi connectivity index (χ4n) is 2.67. The van der Waals surface area contributed by atoms with Crippen LogP contribution < -0.4 is 10.1 Å². The fraction of sp³-hybridized carbons (Fsp3) is 0.250. The van der Waals surface area contributed by atoms with Gasteiger partial charge in [-0.25, -0.2) is 13.2 Å². The molecule has 0 radical (unpaired) electrons. The molecule has 110 valence electrons. The fourth-order valence-corrected chi connectivity index (χ4v) is 2.67. The minimum Gasteiger partial charge on any atom is -0.485 e. The number of nitrogens with one attached hydrogen (secondary N) is 1. The Hall–Kier alpha value is -2.01. The molecule has 1 heterocycles. The lowest BCUT2D eigenvalue weighted by molar-refractivity contribution is 0.148. The van der Waals surface area contributed by atoms with Crippen LogP contribution in [0.5, 0.6) is 5.75 Å². The molecule has 1 aliphatic heterocycles. The molecule has 0 spiro atoms. The summed E-state index contributed by atoms with van der Waals surface area (Å²) in [5, 5.41) is 3.06. The zero-order valence-corrected chi connectivity index (χ0v) is 11.4. The van der Waals surface area contributed by atoms with Crippen LogP contribution >= 0.6 is 0 Å². The summed E-state index contributed by atoms with van der Waals surface area (Å²) in [5.74, 6) is -1.67. The summed E-state index contributed by atoms with van der Waals surface area (Å²) in [6.45, 7) is 0. The average Bonchev–Trinajstić information content (AvgIpc) is 2.49. The topological polar surface area (TPSA) is 21.3 Å². The highest BCUT2D eigenvalue weighted by Crippen LogP contribution is 2.41. The Balaban J connectivity index is 2.01. The van der Waals surface area contributed by atoms with Crippen molar-refractivity contribution in [3.05, 3.63) is 65.0 Å². The third kappa shape index (κ3) is 2.49. The highest BCUT2D eigenvalue weighted by molar-refractivity contribution is 5.40. The molecule has 2 unspecified atom stereocenters. The van der Waals surface area contributed by atoms with E-state index in [-0.39, 0.29) is 17.4 Å². The number of halogens is 3. The van der Waals surface area contributed by atoms with E-state index in [0.717, 1.165) is 6.07 Å². The molecule has 1 aliphatic rings. The normalized spacial score (nSPS) is 20.8. The Bertz CT molecular complexity index is 675. The van der Waals surface area contributed by atoms with Crippen LogP contribution in [0.3, 0.4) is 0 Å². The molecule has 0 amide bonds. The van der Waals surface area contributed by atoms with Crippen molar-refractivity contribution in [1.29, 1.82) is 0 Å². The molecule has 1 N–H and O–H groups in total. The average molecular weight is 293 g/mol. The van der Waals surface area contributed by atoms with E-state index in [9.17, 15) is 13.2 Å². The Kier molecular flexibility index (Phi) is 3.59. The van der Waals surface area contributed by atoms with Gasteiger partial charge in [0.25, 0.3) is 0 Å². The molecule has 0 aromatic heterocycles. The lowest BCUT2D eigenvalue weighted by Gasteiger charge is -2.32. The Labute approximate surface area is 120 Å². The van der Waals surface area contributed by atoms with Crippen LogP contribution in [0.4, 0.5) is 13.2 Å². The number of hydrogen-bond acceptors (Lipinski definition) is 2. The molecule has 0 saturated carbocycles. The summed E-state index contributed by atoms with van der Waals surface area (Å²) in [6, 6.07) is 8.04. The van der Waals surface area contributed by atoms with E-state index in [2.05, 4.69) is 5.32 Å². The number of benzene rings is 2. The van der Waals surface area contributed by atoms with E-state index in [1.165, 1.54) is 30.3 Å². The van der Waals surface area contributed by atoms with Crippen molar-refractivity contribution in [1.82, 2.24) is 5.32 Å². The molecular formula is C16H14F3NO. The number of ether oxygens (including phenoxy) is 1. The molecule has 0 bridgehead atoms. The Morgan fingerprint density at radius 1 is 1.10 bits per heavy atom. The molecule has 2 nitrogen and oxygen atoms in total. The smallest absolute Gasteiger partial charge is 0.165 e. The number of rotatable bonds is 2. The maximum atomic E-state index is 13.9. The van der Waals surface area contributed by atoms with Crippen molar-refractivity contribution in [2.45, 2.75) is 18.6 Å². The van der Waals surface area contributed by atoms with Crippen LogP contribution in [0.1, 0.15) is 29.7 Å². The largest absolute Gasteiger partial charge is 0.485 e. The van der Waals surface area contributed by atoms with Gasteiger partial charge in [-0.1, -0.05) is 12.1 Å². The molecule has 5 heteroatoms. The highest BCUT2D eigenvalue weighted by atomic mass is 19.2. The molecule has 0 saturated heterocycles. The van der Waals surface area contributed by atoms with Gasteiger partial charge in [-0.15, -0.1) is 0 Å². The molecule has 0 fully saturated rings. The predicted molar refractivity (Wildman–Crippen MR) is 72.5 cm³/mol. The van der Waals surface area contributed by atoms with Crippen LogP contribution in [0.15, 0.2) is 36.4 Å².